The number of hydrogen-bond donors (Lipinski definition) is 1. The van der Waals surface area contributed by atoms with Gasteiger partial charge >= 0.3 is 0 Å². The van der Waals surface area contributed by atoms with Gasteiger partial charge in [0.2, 0.25) is 0 Å². The van der Waals surface area contributed by atoms with E-state index in [-0.39, 0.29) is 5.82 Å². The van der Waals surface area contributed by atoms with Crippen molar-refractivity contribution < 1.29 is 4.39 Å². The predicted octanol–water partition coefficient (Wildman–Crippen LogP) is 3.17. The van der Waals surface area contributed by atoms with E-state index >= 15 is 0 Å². The summed E-state index contributed by atoms with van der Waals surface area (Å²) in [4.78, 5) is 2.54. The Morgan fingerprint density at radius 1 is 1.22 bits per heavy atom. The lowest BCUT2D eigenvalue weighted by atomic mass is 9.97. The maximum atomic E-state index is 13.2. The third kappa shape index (κ3) is 2.12. The van der Waals surface area contributed by atoms with E-state index in [2.05, 4.69) is 17.3 Å². The fourth-order valence-electron chi connectivity index (χ4n) is 3.50. The van der Waals surface area contributed by atoms with E-state index < -0.39 is 0 Å². The van der Waals surface area contributed by atoms with Gasteiger partial charge in [-0.2, -0.15) is 0 Å². The van der Waals surface area contributed by atoms with Gasteiger partial charge in [-0.3, -0.25) is 0 Å². The molecule has 0 saturated carbocycles. The summed E-state index contributed by atoms with van der Waals surface area (Å²) in [5, 5.41) is 3.58. The Morgan fingerprint density at radius 3 is 2.50 bits per heavy atom. The first-order valence-corrected chi connectivity index (χ1v) is 6.88. The van der Waals surface area contributed by atoms with Crippen molar-refractivity contribution in [3.8, 4) is 0 Å². The molecule has 2 aliphatic rings. The number of nitrogens with one attached hydrogen (secondary N) is 1. The van der Waals surface area contributed by atoms with Gasteiger partial charge in [-0.1, -0.05) is 0 Å². The highest BCUT2D eigenvalue weighted by Gasteiger charge is 2.38. The molecule has 2 nitrogen and oxygen atoms in total. The fourth-order valence-corrected chi connectivity index (χ4v) is 3.50. The summed E-state index contributed by atoms with van der Waals surface area (Å²) in [5.41, 5.74) is 1.78. The number of rotatable bonds is 2. The van der Waals surface area contributed by atoms with Crippen LogP contribution in [0.3, 0.4) is 0 Å². The number of aryl methyl sites for hydroxylation is 1. The molecule has 0 aromatic heterocycles. The van der Waals surface area contributed by atoms with Gasteiger partial charge in [-0.15, -0.1) is 0 Å². The van der Waals surface area contributed by atoms with Crippen LogP contribution in [0.15, 0.2) is 18.2 Å². The van der Waals surface area contributed by atoms with Crippen LogP contribution in [0.1, 0.15) is 31.2 Å². The van der Waals surface area contributed by atoms with E-state index in [0.29, 0.717) is 6.04 Å². The molecule has 2 heterocycles. The number of anilines is 1. The predicted molar refractivity (Wildman–Crippen MR) is 72.4 cm³/mol. The van der Waals surface area contributed by atoms with Gasteiger partial charge in [0.15, 0.2) is 0 Å². The molecular formula is C15H21FN2. The molecule has 3 heteroatoms. The van der Waals surface area contributed by atoms with E-state index in [1.54, 1.807) is 6.07 Å². The smallest absolute Gasteiger partial charge is 0.126 e. The maximum absolute atomic E-state index is 13.2. The maximum Gasteiger partial charge on any atom is 0.126 e. The lowest BCUT2D eigenvalue weighted by Gasteiger charge is -2.37. The van der Waals surface area contributed by atoms with Crippen molar-refractivity contribution in [2.75, 3.05) is 12.4 Å². The number of piperidine rings is 1. The van der Waals surface area contributed by atoms with Crippen molar-refractivity contribution in [3.63, 3.8) is 0 Å². The SMILES string of the molecule is Cc1cc(NC2CC3CCC(C2)N3C)ccc1F. The summed E-state index contributed by atoms with van der Waals surface area (Å²) in [6.07, 6.45) is 5.09. The molecule has 98 valence electrons. The molecule has 2 fully saturated rings. The van der Waals surface area contributed by atoms with Gasteiger partial charge in [0, 0.05) is 23.8 Å². The largest absolute Gasteiger partial charge is 0.382 e. The van der Waals surface area contributed by atoms with Crippen molar-refractivity contribution in [2.45, 2.75) is 50.7 Å². The zero-order chi connectivity index (χ0) is 12.7. The molecule has 2 bridgehead atoms. The third-order valence-corrected chi connectivity index (χ3v) is 4.63. The first-order chi connectivity index (χ1) is 8.63. The van der Waals surface area contributed by atoms with Crippen LogP contribution in [0.25, 0.3) is 0 Å². The Morgan fingerprint density at radius 2 is 1.89 bits per heavy atom. The van der Waals surface area contributed by atoms with E-state index in [9.17, 15) is 4.39 Å². The molecule has 2 saturated heterocycles. The van der Waals surface area contributed by atoms with Crippen molar-refractivity contribution in [2.24, 2.45) is 0 Å². The van der Waals surface area contributed by atoms with Crippen LogP contribution in [0.2, 0.25) is 0 Å². The summed E-state index contributed by atoms with van der Waals surface area (Å²) < 4.78 is 13.2. The summed E-state index contributed by atoms with van der Waals surface area (Å²) in [7, 11) is 2.25. The first-order valence-electron chi connectivity index (χ1n) is 6.88. The molecule has 18 heavy (non-hydrogen) atoms. The minimum Gasteiger partial charge on any atom is -0.382 e. The zero-order valence-corrected chi connectivity index (χ0v) is 11.1. The normalized spacial score (nSPS) is 31.6. The fraction of sp³-hybridized carbons (Fsp3) is 0.600. The number of benzene rings is 1. The molecule has 1 aromatic rings. The average Bonchev–Trinajstić information content (AvgIpc) is 2.58. The number of halogens is 1. The van der Waals surface area contributed by atoms with E-state index in [1.165, 1.54) is 25.7 Å². The highest BCUT2D eigenvalue weighted by molar-refractivity contribution is 5.47. The molecule has 1 aromatic carbocycles. The summed E-state index contributed by atoms with van der Waals surface area (Å²) in [5.74, 6) is -0.121. The van der Waals surface area contributed by atoms with Gasteiger partial charge < -0.3 is 10.2 Å². The summed E-state index contributed by atoms with van der Waals surface area (Å²) in [6.45, 7) is 1.82. The van der Waals surface area contributed by atoms with Crippen LogP contribution in [-0.2, 0) is 0 Å². The Kier molecular flexibility index (Phi) is 3.02. The second-order valence-corrected chi connectivity index (χ2v) is 5.83. The van der Waals surface area contributed by atoms with Gasteiger partial charge in [-0.25, -0.2) is 4.39 Å². The average molecular weight is 248 g/mol. The molecule has 0 radical (unpaired) electrons. The van der Waals surface area contributed by atoms with E-state index in [1.807, 2.05) is 19.1 Å². The van der Waals surface area contributed by atoms with Crippen molar-refractivity contribution in [1.82, 2.24) is 4.90 Å². The van der Waals surface area contributed by atoms with E-state index in [0.717, 1.165) is 23.3 Å². The lowest BCUT2D eigenvalue weighted by Crippen LogP contribution is -2.44. The monoisotopic (exact) mass is 248 g/mol. The topological polar surface area (TPSA) is 15.3 Å². The molecule has 2 atom stereocenters. The molecular weight excluding hydrogens is 227 g/mol. The lowest BCUT2D eigenvalue weighted by molar-refractivity contribution is 0.169. The van der Waals surface area contributed by atoms with Crippen LogP contribution < -0.4 is 5.32 Å². The standard InChI is InChI=1S/C15H21FN2/c1-10-7-11(3-6-15(10)16)17-12-8-13-4-5-14(9-12)18(13)2/h3,6-7,12-14,17H,4-5,8-9H2,1-2H3. The van der Waals surface area contributed by atoms with Gasteiger partial charge in [0.25, 0.3) is 0 Å². The minimum absolute atomic E-state index is 0.121. The van der Waals surface area contributed by atoms with Crippen LogP contribution in [-0.4, -0.2) is 30.1 Å². The second-order valence-electron chi connectivity index (χ2n) is 5.83. The number of fused-ring (bicyclic) bond motifs is 2. The molecule has 0 spiro atoms. The minimum atomic E-state index is -0.121. The van der Waals surface area contributed by atoms with Crippen molar-refractivity contribution >= 4 is 5.69 Å². The summed E-state index contributed by atoms with van der Waals surface area (Å²) in [6, 6.07) is 7.34. The van der Waals surface area contributed by atoms with Crippen molar-refractivity contribution in [3.05, 3.63) is 29.6 Å². The first kappa shape index (κ1) is 12.0. The van der Waals surface area contributed by atoms with Gasteiger partial charge in [0.1, 0.15) is 5.82 Å². The highest BCUT2D eigenvalue weighted by Crippen LogP contribution is 2.35. The number of hydrogen-bond acceptors (Lipinski definition) is 2. The zero-order valence-electron chi connectivity index (χ0n) is 11.1. The third-order valence-electron chi connectivity index (χ3n) is 4.63. The van der Waals surface area contributed by atoms with Gasteiger partial charge in [-0.05, 0) is 63.4 Å². The molecule has 2 aliphatic heterocycles. The second kappa shape index (κ2) is 4.54. The Hall–Kier alpha value is -1.09. The van der Waals surface area contributed by atoms with Gasteiger partial charge in [0.05, 0.1) is 0 Å². The molecule has 2 unspecified atom stereocenters. The van der Waals surface area contributed by atoms with E-state index in [4.69, 9.17) is 0 Å². The Labute approximate surface area is 108 Å². The van der Waals surface area contributed by atoms with Crippen molar-refractivity contribution in [1.29, 1.82) is 0 Å². The Bertz CT molecular complexity index is 432. The van der Waals surface area contributed by atoms with Crippen LogP contribution in [0.4, 0.5) is 10.1 Å². The van der Waals surface area contributed by atoms with Crippen LogP contribution in [0, 0.1) is 12.7 Å². The summed E-state index contributed by atoms with van der Waals surface area (Å²) >= 11 is 0. The number of nitrogens with zero attached hydrogens (tertiary/aromatic N) is 1. The molecule has 0 amide bonds. The molecule has 0 aliphatic carbocycles. The molecule has 1 N–H and O–H groups in total. The van der Waals surface area contributed by atoms with Crippen LogP contribution in [0.5, 0.6) is 0 Å². The molecule has 3 rings (SSSR count). The van der Waals surface area contributed by atoms with Crippen LogP contribution >= 0.6 is 0 Å². The quantitative estimate of drug-likeness (QED) is 0.864. The highest BCUT2D eigenvalue weighted by atomic mass is 19.1. The Balaban J connectivity index is 1.68.